The minimum absolute atomic E-state index is 0.0334. The molecule has 0 spiro atoms. The molecular formula is C10H12F2N2O3. The molecule has 0 aromatic carbocycles. The van der Waals surface area contributed by atoms with Crippen LogP contribution in [0.15, 0.2) is 6.07 Å². The van der Waals surface area contributed by atoms with Crippen LogP contribution in [0.3, 0.4) is 0 Å². The number of nitrogens with two attached hydrogens (primary N) is 1. The average molecular weight is 246 g/mol. The highest BCUT2D eigenvalue weighted by Crippen LogP contribution is 2.26. The first-order valence-electron chi connectivity index (χ1n) is 4.76. The van der Waals surface area contributed by atoms with Crippen molar-refractivity contribution in [3.8, 4) is 5.75 Å². The summed E-state index contributed by atoms with van der Waals surface area (Å²) in [6, 6.07) is 1.06. The van der Waals surface area contributed by atoms with Gasteiger partial charge in [0.15, 0.2) is 0 Å². The molecule has 3 N–H and O–H groups in total. The Morgan fingerprint density at radius 2 is 2.29 bits per heavy atom. The summed E-state index contributed by atoms with van der Waals surface area (Å²) in [7, 11) is 1.14. The molecule has 17 heavy (non-hydrogen) atoms. The van der Waals surface area contributed by atoms with Crippen molar-refractivity contribution in [2.45, 2.75) is 19.4 Å². The van der Waals surface area contributed by atoms with Gasteiger partial charge in [0, 0.05) is 6.54 Å². The van der Waals surface area contributed by atoms with E-state index in [9.17, 15) is 18.7 Å². The second-order valence-corrected chi connectivity index (χ2v) is 3.26. The molecular weight excluding hydrogens is 234 g/mol. The molecule has 1 aromatic heterocycles. The second-order valence-electron chi connectivity index (χ2n) is 3.26. The number of esters is 1. The fraction of sp³-hybridized carbons (Fsp3) is 0.400. The summed E-state index contributed by atoms with van der Waals surface area (Å²) in [5.74, 6) is -0.996. The normalized spacial score (nSPS) is 10.6. The molecule has 1 rings (SSSR count). The molecule has 0 unspecified atom stereocenters. The third kappa shape index (κ3) is 3.10. The van der Waals surface area contributed by atoms with E-state index in [4.69, 9.17) is 5.73 Å². The third-order valence-corrected chi connectivity index (χ3v) is 2.15. The number of nitrogens with zero attached hydrogens (tertiary/aromatic N) is 1. The second kappa shape index (κ2) is 5.53. The first-order chi connectivity index (χ1) is 7.99. The Morgan fingerprint density at radius 1 is 1.65 bits per heavy atom. The summed E-state index contributed by atoms with van der Waals surface area (Å²) in [4.78, 5) is 14.6. The number of aromatic nitrogens is 1. The van der Waals surface area contributed by atoms with E-state index < -0.39 is 18.1 Å². The maximum atomic E-state index is 12.7. The predicted molar refractivity (Wildman–Crippen MR) is 54.5 cm³/mol. The highest BCUT2D eigenvalue weighted by Gasteiger charge is 2.20. The van der Waals surface area contributed by atoms with Crippen molar-refractivity contribution < 1.29 is 23.4 Å². The van der Waals surface area contributed by atoms with Crippen LogP contribution >= 0.6 is 0 Å². The van der Waals surface area contributed by atoms with Gasteiger partial charge in [-0.2, -0.15) is 0 Å². The lowest BCUT2D eigenvalue weighted by molar-refractivity contribution is -0.139. The summed E-state index contributed by atoms with van der Waals surface area (Å²) in [5, 5.41) is 9.44. The first kappa shape index (κ1) is 13.3. The summed E-state index contributed by atoms with van der Waals surface area (Å²) < 4.78 is 29.8. The molecule has 0 saturated heterocycles. The van der Waals surface area contributed by atoms with E-state index in [0.29, 0.717) is 0 Å². The molecule has 0 amide bonds. The largest absolute Gasteiger partial charge is 0.506 e. The SMILES string of the molecule is COC(=O)Cc1cc(O)c(CN)nc1C(F)F. The van der Waals surface area contributed by atoms with Crippen molar-refractivity contribution in [1.82, 2.24) is 4.98 Å². The van der Waals surface area contributed by atoms with Crippen molar-refractivity contribution in [2.75, 3.05) is 7.11 Å². The van der Waals surface area contributed by atoms with Crippen LogP contribution < -0.4 is 5.73 Å². The molecule has 0 bridgehead atoms. The minimum Gasteiger partial charge on any atom is -0.506 e. The highest BCUT2D eigenvalue weighted by atomic mass is 19.3. The number of methoxy groups -OCH3 is 1. The number of ether oxygens (including phenoxy) is 1. The van der Waals surface area contributed by atoms with Crippen LogP contribution in [0, 0.1) is 0 Å². The topological polar surface area (TPSA) is 85.4 Å². The first-order valence-corrected chi connectivity index (χ1v) is 4.76. The van der Waals surface area contributed by atoms with Crippen LogP contribution in [-0.4, -0.2) is 23.2 Å². The van der Waals surface area contributed by atoms with Gasteiger partial charge in [-0.3, -0.25) is 4.79 Å². The molecule has 0 radical (unpaired) electrons. The predicted octanol–water partition coefficient (Wildman–Crippen LogP) is 0.899. The number of carbonyl (C=O) groups excluding carboxylic acids is 1. The summed E-state index contributed by atoms with van der Waals surface area (Å²) in [5.41, 5.74) is 4.58. The number of carbonyl (C=O) groups is 1. The molecule has 0 aliphatic rings. The molecule has 0 saturated carbocycles. The molecule has 0 aliphatic heterocycles. The maximum absolute atomic E-state index is 12.7. The Hall–Kier alpha value is -1.76. The number of alkyl halides is 2. The molecule has 1 aromatic rings. The van der Waals surface area contributed by atoms with Crippen LogP contribution in [0.25, 0.3) is 0 Å². The zero-order valence-electron chi connectivity index (χ0n) is 9.11. The number of hydrogen-bond acceptors (Lipinski definition) is 5. The van der Waals surface area contributed by atoms with Crippen LogP contribution in [-0.2, 0) is 22.5 Å². The number of aromatic hydroxyl groups is 1. The van der Waals surface area contributed by atoms with Gasteiger partial charge in [0.2, 0.25) is 0 Å². The fourth-order valence-corrected chi connectivity index (χ4v) is 1.31. The highest BCUT2D eigenvalue weighted by molar-refractivity contribution is 5.73. The van der Waals surface area contributed by atoms with Crippen LogP contribution in [0.4, 0.5) is 8.78 Å². The standard InChI is InChI=1S/C10H12F2N2O3/c1-17-8(16)3-5-2-7(15)6(4-13)14-9(5)10(11)12/h2,10,15H,3-4,13H2,1H3. The summed E-state index contributed by atoms with van der Waals surface area (Å²) in [6.45, 7) is -0.163. The van der Waals surface area contributed by atoms with Crippen molar-refractivity contribution in [1.29, 1.82) is 0 Å². The lowest BCUT2D eigenvalue weighted by Gasteiger charge is -2.10. The van der Waals surface area contributed by atoms with E-state index in [1.807, 2.05) is 0 Å². The van der Waals surface area contributed by atoms with Crippen molar-refractivity contribution in [3.05, 3.63) is 23.0 Å². The number of hydrogen-bond donors (Lipinski definition) is 2. The van der Waals surface area contributed by atoms with E-state index >= 15 is 0 Å². The molecule has 0 fully saturated rings. The number of pyridine rings is 1. The van der Waals surface area contributed by atoms with Gasteiger partial charge in [-0.25, -0.2) is 13.8 Å². The monoisotopic (exact) mass is 246 g/mol. The smallest absolute Gasteiger partial charge is 0.310 e. The Labute approximate surface area is 96.2 Å². The van der Waals surface area contributed by atoms with Crippen LogP contribution in [0.2, 0.25) is 0 Å². The lowest BCUT2D eigenvalue weighted by Crippen LogP contribution is -2.11. The average Bonchev–Trinajstić information content (AvgIpc) is 2.28. The molecule has 1 heterocycles. The summed E-state index contributed by atoms with van der Waals surface area (Å²) in [6.07, 6.45) is -3.22. The van der Waals surface area contributed by atoms with Crippen molar-refractivity contribution in [3.63, 3.8) is 0 Å². The zero-order chi connectivity index (χ0) is 13.0. The van der Waals surface area contributed by atoms with Crippen molar-refractivity contribution in [2.24, 2.45) is 5.73 Å². The molecule has 0 atom stereocenters. The van der Waals surface area contributed by atoms with Crippen molar-refractivity contribution >= 4 is 5.97 Å². The Bertz CT molecular complexity index is 424. The van der Waals surface area contributed by atoms with Gasteiger partial charge in [-0.1, -0.05) is 0 Å². The maximum Gasteiger partial charge on any atom is 0.310 e. The molecule has 5 nitrogen and oxygen atoms in total. The van der Waals surface area contributed by atoms with Gasteiger partial charge >= 0.3 is 5.97 Å². The van der Waals surface area contributed by atoms with E-state index in [0.717, 1.165) is 13.2 Å². The van der Waals surface area contributed by atoms with E-state index in [1.54, 1.807) is 0 Å². The van der Waals surface area contributed by atoms with Gasteiger partial charge in [0.05, 0.1) is 19.2 Å². The van der Waals surface area contributed by atoms with E-state index in [2.05, 4.69) is 9.72 Å². The Kier molecular flexibility index (Phi) is 4.33. The van der Waals surface area contributed by atoms with Crippen LogP contribution in [0.5, 0.6) is 5.75 Å². The van der Waals surface area contributed by atoms with Crippen LogP contribution in [0.1, 0.15) is 23.4 Å². The Morgan fingerprint density at radius 3 is 2.76 bits per heavy atom. The van der Waals surface area contributed by atoms with Gasteiger partial charge in [0.25, 0.3) is 6.43 Å². The third-order valence-electron chi connectivity index (χ3n) is 2.15. The number of rotatable bonds is 4. The minimum atomic E-state index is -2.85. The molecule has 7 heteroatoms. The van der Waals surface area contributed by atoms with E-state index in [-0.39, 0.29) is 30.0 Å². The Balaban J connectivity index is 3.18. The number of halogens is 2. The quantitative estimate of drug-likeness (QED) is 0.771. The molecule has 94 valence electrons. The summed E-state index contributed by atoms with van der Waals surface area (Å²) >= 11 is 0. The van der Waals surface area contributed by atoms with Gasteiger partial charge in [0.1, 0.15) is 11.4 Å². The lowest BCUT2D eigenvalue weighted by atomic mass is 10.1. The van der Waals surface area contributed by atoms with E-state index in [1.165, 1.54) is 0 Å². The molecule has 0 aliphatic carbocycles. The van der Waals surface area contributed by atoms with Gasteiger partial charge in [-0.15, -0.1) is 0 Å². The van der Waals surface area contributed by atoms with Gasteiger partial charge in [-0.05, 0) is 11.6 Å². The van der Waals surface area contributed by atoms with Gasteiger partial charge < -0.3 is 15.6 Å². The zero-order valence-corrected chi connectivity index (χ0v) is 9.11. The fourth-order valence-electron chi connectivity index (χ4n) is 1.31.